The number of hydrogen-bond donors (Lipinski definition) is 1. The predicted molar refractivity (Wildman–Crippen MR) is 71.0 cm³/mol. The molecule has 0 rings (SSSR count). The number of rotatable bonds is 6. The lowest BCUT2D eigenvalue weighted by Gasteiger charge is -2.34. The van der Waals surface area contributed by atoms with E-state index in [1.807, 2.05) is 20.9 Å². The van der Waals surface area contributed by atoms with E-state index in [1.54, 1.807) is 7.05 Å². The van der Waals surface area contributed by atoms with Crippen LogP contribution in [0.1, 0.15) is 34.6 Å². The Hall–Kier alpha value is -0.610. The summed E-state index contributed by atoms with van der Waals surface area (Å²) < 4.78 is 5.10. The molecule has 0 aliphatic rings. The number of nitrogens with one attached hydrogen (secondary N) is 1. The van der Waals surface area contributed by atoms with Gasteiger partial charge in [-0.2, -0.15) is 0 Å². The summed E-state index contributed by atoms with van der Waals surface area (Å²) in [7, 11) is 3.82. The van der Waals surface area contributed by atoms with Gasteiger partial charge in [0.25, 0.3) is 0 Å². The van der Waals surface area contributed by atoms with Crippen molar-refractivity contribution in [1.82, 2.24) is 10.2 Å². The van der Waals surface area contributed by atoms with Crippen molar-refractivity contribution in [3.63, 3.8) is 0 Å². The molecule has 1 atom stereocenters. The van der Waals surface area contributed by atoms with Crippen LogP contribution < -0.4 is 5.32 Å². The number of carbonyl (C=O) groups is 1. The summed E-state index contributed by atoms with van der Waals surface area (Å²) in [5, 5.41) is 3.06. The summed E-state index contributed by atoms with van der Waals surface area (Å²) in [6, 6.07) is 0. The molecule has 0 radical (unpaired) electrons. The topological polar surface area (TPSA) is 41.6 Å². The van der Waals surface area contributed by atoms with Gasteiger partial charge in [0.15, 0.2) is 0 Å². The zero-order chi connectivity index (χ0) is 13.7. The molecule has 0 saturated heterocycles. The average Bonchev–Trinajstić information content (AvgIpc) is 2.14. The molecular weight excluding hydrogens is 216 g/mol. The molecule has 0 amide bonds. The third kappa shape index (κ3) is 6.03. The zero-order valence-corrected chi connectivity index (χ0v) is 12.4. The van der Waals surface area contributed by atoms with Gasteiger partial charge < -0.3 is 15.0 Å². The van der Waals surface area contributed by atoms with Crippen molar-refractivity contribution >= 4 is 5.97 Å². The maximum Gasteiger partial charge on any atom is 0.327 e. The Morgan fingerprint density at radius 3 is 2.12 bits per heavy atom. The summed E-state index contributed by atoms with van der Waals surface area (Å²) in [5.74, 6) is -0.191. The highest BCUT2D eigenvalue weighted by molar-refractivity contribution is 5.80. The molecule has 0 aromatic carbocycles. The van der Waals surface area contributed by atoms with E-state index < -0.39 is 5.54 Å². The minimum atomic E-state index is -0.643. The Morgan fingerprint density at radius 2 is 1.76 bits per heavy atom. The van der Waals surface area contributed by atoms with Crippen molar-refractivity contribution in [2.24, 2.45) is 5.41 Å². The third-order valence-corrected chi connectivity index (χ3v) is 2.61. The van der Waals surface area contributed by atoms with Crippen LogP contribution in [0.2, 0.25) is 0 Å². The lowest BCUT2D eigenvalue weighted by atomic mass is 9.94. The fraction of sp³-hybridized carbons (Fsp3) is 0.923. The van der Waals surface area contributed by atoms with Gasteiger partial charge >= 0.3 is 5.97 Å². The molecule has 0 spiro atoms. The van der Waals surface area contributed by atoms with E-state index in [-0.39, 0.29) is 11.4 Å². The van der Waals surface area contributed by atoms with Gasteiger partial charge in [-0.1, -0.05) is 20.8 Å². The van der Waals surface area contributed by atoms with E-state index in [9.17, 15) is 4.79 Å². The van der Waals surface area contributed by atoms with Gasteiger partial charge in [-0.3, -0.25) is 4.79 Å². The number of hydrogen-bond acceptors (Lipinski definition) is 4. The molecule has 17 heavy (non-hydrogen) atoms. The van der Waals surface area contributed by atoms with E-state index in [0.29, 0.717) is 13.2 Å². The van der Waals surface area contributed by atoms with E-state index in [0.717, 1.165) is 6.54 Å². The molecule has 0 aromatic rings. The van der Waals surface area contributed by atoms with Crippen molar-refractivity contribution in [2.45, 2.75) is 40.2 Å². The first kappa shape index (κ1) is 16.4. The van der Waals surface area contributed by atoms with Gasteiger partial charge in [-0.25, -0.2) is 0 Å². The maximum absolute atomic E-state index is 11.9. The molecule has 0 bridgehead atoms. The maximum atomic E-state index is 11.9. The van der Waals surface area contributed by atoms with E-state index in [4.69, 9.17) is 4.74 Å². The number of ether oxygens (including phenoxy) is 1. The van der Waals surface area contributed by atoms with E-state index in [1.165, 1.54) is 0 Å². The van der Waals surface area contributed by atoms with Crippen LogP contribution in [0.4, 0.5) is 0 Å². The monoisotopic (exact) mass is 244 g/mol. The first-order chi connectivity index (χ1) is 7.64. The highest BCUT2D eigenvalue weighted by atomic mass is 16.5. The molecule has 4 heteroatoms. The van der Waals surface area contributed by atoms with Crippen LogP contribution in [0.25, 0.3) is 0 Å². The quantitative estimate of drug-likeness (QED) is 0.719. The third-order valence-electron chi connectivity index (χ3n) is 2.61. The average molecular weight is 244 g/mol. The van der Waals surface area contributed by atoms with Gasteiger partial charge in [0.05, 0.1) is 6.61 Å². The summed E-state index contributed by atoms with van der Waals surface area (Å²) >= 11 is 0. The standard InChI is InChI=1S/C13H28N2O2/c1-8-17-11(16)13(5,14-6)10-15(7)9-12(2,3)4/h14H,8-10H2,1-7H3. The van der Waals surface area contributed by atoms with Crippen molar-refractivity contribution in [1.29, 1.82) is 0 Å². The zero-order valence-electron chi connectivity index (χ0n) is 12.4. The fourth-order valence-corrected chi connectivity index (χ4v) is 1.94. The van der Waals surface area contributed by atoms with Gasteiger partial charge in [-0.15, -0.1) is 0 Å². The highest BCUT2D eigenvalue weighted by Crippen LogP contribution is 2.16. The molecule has 0 aliphatic carbocycles. The molecular formula is C13H28N2O2. The minimum absolute atomic E-state index is 0.191. The Morgan fingerprint density at radius 1 is 1.24 bits per heavy atom. The first-order valence-corrected chi connectivity index (χ1v) is 6.19. The van der Waals surface area contributed by atoms with Crippen LogP contribution in [-0.4, -0.2) is 50.2 Å². The Bertz CT molecular complexity index is 248. The number of nitrogens with zero attached hydrogens (tertiary/aromatic N) is 1. The van der Waals surface area contributed by atoms with E-state index >= 15 is 0 Å². The van der Waals surface area contributed by atoms with Crippen LogP contribution >= 0.6 is 0 Å². The molecule has 0 fully saturated rings. The van der Waals surface area contributed by atoms with Crippen molar-refractivity contribution in [3.8, 4) is 0 Å². The largest absolute Gasteiger partial charge is 0.465 e. The van der Waals surface area contributed by atoms with Crippen LogP contribution in [0, 0.1) is 5.41 Å². The van der Waals surface area contributed by atoms with Gasteiger partial charge in [-0.05, 0) is 33.4 Å². The minimum Gasteiger partial charge on any atom is -0.465 e. The molecule has 0 aromatic heterocycles. The van der Waals surface area contributed by atoms with Gasteiger partial charge in [0, 0.05) is 13.1 Å². The van der Waals surface area contributed by atoms with Crippen LogP contribution in [0.15, 0.2) is 0 Å². The summed E-state index contributed by atoms with van der Waals surface area (Å²) in [4.78, 5) is 14.0. The lowest BCUT2D eigenvalue weighted by molar-refractivity contribution is -0.151. The molecule has 4 nitrogen and oxygen atoms in total. The normalized spacial score (nSPS) is 15.8. The molecule has 102 valence electrons. The van der Waals surface area contributed by atoms with Crippen LogP contribution in [0.3, 0.4) is 0 Å². The SMILES string of the molecule is CCOC(=O)C(C)(CN(C)CC(C)(C)C)NC. The van der Waals surface area contributed by atoms with Gasteiger partial charge in [0.2, 0.25) is 0 Å². The molecule has 0 aliphatic heterocycles. The Kier molecular flexibility index (Phi) is 6.13. The van der Waals surface area contributed by atoms with Crippen molar-refractivity contribution in [2.75, 3.05) is 33.8 Å². The highest BCUT2D eigenvalue weighted by Gasteiger charge is 2.34. The molecule has 0 saturated carbocycles. The molecule has 1 N–H and O–H groups in total. The lowest BCUT2D eigenvalue weighted by Crippen LogP contribution is -2.56. The summed E-state index contributed by atoms with van der Waals surface area (Å²) in [5.41, 5.74) is -0.423. The Balaban J connectivity index is 4.52. The summed E-state index contributed by atoms with van der Waals surface area (Å²) in [6.45, 7) is 12.2. The second-order valence-electron chi connectivity index (χ2n) is 6.04. The second-order valence-corrected chi connectivity index (χ2v) is 6.04. The molecule has 0 heterocycles. The predicted octanol–water partition coefficient (Wildman–Crippen LogP) is 1.51. The van der Waals surface area contributed by atoms with Crippen molar-refractivity contribution < 1.29 is 9.53 Å². The van der Waals surface area contributed by atoms with Crippen molar-refractivity contribution in [3.05, 3.63) is 0 Å². The molecule has 1 unspecified atom stereocenters. The van der Waals surface area contributed by atoms with Gasteiger partial charge in [0.1, 0.15) is 5.54 Å². The fourth-order valence-electron chi connectivity index (χ4n) is 1.94. The smallest absolute Gasteiger partial charge is 0.327 e. The number of carbonyl (C=O) groups excluding carboxylic acids is 1. The number of likely N-dealkylation sites (N-methyl/N-ethyl adjacent to an activating group) is 2. The van der Waals surface area contributed by atoms with Crippen LogP contribution in [0.5, 0.6) is 0 Å². The number of esters is 1. The van der Waals surface area contributed by atoms with Crippen LogP contribution in [-0.2, 0) is 9.53 Å². The van der Waals surface area contributed by atoms with E-state index in [2.05, 4.69) is 31.0 Å². The second kappa shape index (κ2) is 6.36. The summed E-state index contributed by atoms with van der Waals surface area (Å²) in [6.07, 6.45) is 0. The Labute approximate surface area is 106 Å². The first-order valence-electron chi connectivity index (χ1n) is 6.19.